The average Bonchev–Trinajstić information content (AvgIpc) is 2.08. The molecule has 0 aliphatic rings. The molecule has 14 heavy (non-hydrogen) atoms. The summed E-state index contributed by atoms with van der Waals surface area (Å²) in [6.45, 7) is 7.97. The van der Waals surface area contributed by atoms with E-state index in [1.807, 2.05) is 25.5 Å². The van der Waals surface area contributed by atoms with E-state index in [0.717, 1.165) is 12.2 Å². The Morgan fingerprint density at radius 1 is 1.43 bits per heavy atom. The van der Waals surface area contributed by atoms with Gasteiger partial charge in [0.1, 0.15) is 11.4 Å². The molecule has 76 valence electrons. The summed E-state index contributed by atoms with van der Waals surface area (Å²) in [5.74, 6) is 0.789. The van der Waals surface area contributed by atoms with Crippen LogP contribution in [0, 0.1) is 13.3 Å². The van der Waals surface area contributed by atoms with E-state index in [1.165, 1.54) is 0 Å². The van der Waals surface area contributed by atoms with Gasteiger partial charge in [0, 0.05) is 11.4 Å². The predicted molar refractivity (Wildman–Crippen MR) is 60.4 cm³/mol. The van der Waals surface area contributed by atoms with Crippen LogP contribution in [0.5, 0.6) is 5.75 Å². The fourth-order valence-corrected chi connectivity index (χ4v) is 1.37. The zero-order valence-corrected chi connectivity index (χ0v) is 9.34. The maximum absolute atomic E-state index is 5.77. The smallest absolute Gasteiger partial charge is 0.120 e. The second kappa shape index (κ2) is 4.70. The van der Waals surface area contributed by atoms with Crippen LogP contribution in [0.15, 0.2) is 24.3 Å². The largest absolute Gasteiger partial charge is 0.487 e. The first kappa shape index (κ1) is 11.4. The molecule has 0 spiro atoms. The molecular formula is C12H15ClO. The molecular weight excluding hydrogens is 196 g/mol. The number of benzene rings is 1. The Morgan fingerprint density at radius 3 is 2.50 bits per heavy atom. The van der Waals surface area contributed by atoms with Crippen LogP contribution in [0.25, 0.3) is 0 Å². The van der Waals surface area contributed by atoms with Gasteiger partial charge in [0.2, 0.25) is 0 Å². The van der Waals surface area contributed by atoms with Crippen molar-refractivity contribution in [1.82, 2.24) is 0 Å². The average molecular weight is 211 g/mol. The van der Waals surface area contributed by atoms with Gasteiger partial charge in [0.05, 0.1) is 0 Å². The van der Waals surface area contributed by atoms with Gasteiger partial charge in [-0.1, -0.05) is 18.5 Å². The second-order valence-electron chi connectivity index (χ2n) is 3.48. The molecule has 1 aromatic carbocycles. The monoisotopic (exact) mass is 210 g/mol. The third kappa shape index (κ3) is 3.59. The first-order chi connectivity index (χ1) is 6.53. The van der Waals surface area contributed by atoms with Crippen LogP contribution in [0.2, 0.25) is 5.02 Å². The highest BCUT2D eigenvalue weighted by Gasteiger charge is 2.18. The van der Waals surface area contributed by atoms with Crippen molar-refractivity contribution in [2.24, 2.45) is 0 Å². The fraction of sp³-hybridized carbons (Fsp3) is 0.333. The molecule has 0 saturated carbocycles. The zero-order valence-electron chi connectivity index (χ0n) is 8.59. The van der Waals surface area contributed by atoms with Crippen molar-refractivity contribution in [3.8, 4) is 5.75 Å². The van der Waals surface area contributed by atoms with Gasteiger partial charge in [-0.25, -0.2) is 0 Å². The van der Waals surface area contributed by atoms with Crippen LogP contribution in [0.4, 0.5) is 0 Å². The molecule has 1 aromatic rings. The summed E-state index contributed by atoms with van der Waals surface area (Å²) in [5, 5.41) is 0.711. The van der Waals surface area contributed by atoms with Gasteiger partial charge < -0.3 is 4.74 Å². The minimum atomic E-state index is -0.470. The summed E-state index contributed by atoms with van der Waals surface area (Å²) < 4.78 is 5.67. The van der Waals surface area contributed by atoms with Crippen molar-refractivity contribution < 1.29 is 4.74 Å². The third-order valence-corrected chi connectivity index (χ3v) is 2.05. The summed E-state index contributed by atoms with van der Waals surface area (Å²) in [7, 11) is 0. The van der Waals surface area contributed by atoms with E-state index in [0.29, 0.717) is 5.02 Å². The van der Waals surface area contributed by atoms with E-state index < -0.39 is 5.60 Å². The summed E-state index contributed by atoms with van der Waals surface area (Å²) in [6.07, 6.45) is 2.97. The van der Waals surface area contributed by atoms with Gasteiger partial charge in [0.15, 0.2) is 0 Å². The molecule has 0 aromatic heterocycles. The van der Waals surface area contributed by atoms with Crippen molar-refractivity contribution in [2.75, 3.05) is 0 Å². The van der Waals surface area contributed by atoms with Crippen LogP contribution >= 0.6 is 11.6 Å². The van der Waals surface area contributed by atoms with Crippen molar-refractivity contribution in [1.29, 1.82) is 0 Å². The van der Waals surface area contributed by atoms with Gasteiger partial charge in [-0.2, -0.15) is 0 Å². The van der Waals surface area contributed by atoms with Gasteiger partial charge in [-0.15, -0.1) is 0 Å². The molecule has 2 heteroatoms. The lowest BCUT2D eigenvalue weighted by molar-refractivity contribution is 0.169. The molecule has 1 atom stereocenters. The summed E-state index contributed by atoms with van der Waals surface area (Å²) >= 11 is 5.77. The maximum Gasteiger partial charge on any atom is 0.120 e. The molecule has 0 aliphatic heterocycles. The number of halogens is 1. The van der Waals surface area contributed by atoms with Gasteiger partial charge in [-0.05, 0) is 44.5 Å². The number of hydrogen-bond acceptors (Lipinski definition) is 1. The lowest BCUT2D eigenvalue weighted by atomic mass is 10.0. The maximum atomic E-state index is 5.77. The van der Waals surface area contributed by atoms with Crippen molar-refractivity contribution >= 4 is 11.6 Å². The molecule has 0 N–H and O–H groups in total. The van der Waals surface area contributed by atoms with Crippen LogP contribution < -0.4 is 4.74 Å². The van der Waals surface area contributed by atoms with Crippen molar-refractivity contribution in [3.63, 3.8) is 0 Å². The van der Waals surface area contributed by atoms with E-state index in [2.05, 4.69) is 13.8 Å². The minimum absolute atomic E-state index is 0.470. The lowest BCUT2D eigenvalue weighted by Gasteiger charge is -2.25. The fourth-order valence-electron chi connectivity index (χ4n) is 1.25. The van der Waals surface area contributed by atoms with E-state index in [4.69, 9.17) is 16.3 Å². The molecule has 0 amide bonds. The molecule has 0 aliphatic carbocycles. The Hall–Kier alpha value is -0.690. The van der Waals surface area contributed by atoms with E-state index in [-0.39, 0.29) is 0 Å². The van der Waals surface area contributed by atoms with E-state index in [9.17, 15) is 0 Å². The number of rotatable bonds is 4. The quantitative estimate of drug-likeness (QED) is 0.732. The van der Waals surface area contributed by atoms with E-state index in [1.54, 1.807) is 12.1 Å². The second-order valence-corrected chi connectivity index (χ2v) is 3.92. The van der Waals surface area contributed by atoms with Gasteiger partial charge >= 0.3 is 0 Å². The number of hydrogen-bond donors (Lipinski definition) is 0. The van der Waals surface area contributed by atoms with Crippen molar-refractivity contribution in [3.05, 3.63) is 42.6 Å². The Kier molecular flexibility index (Phi) is 3.82. The van der Waals surface area contributed by atoms with Crippen LogP contribution in [-0.4, -0.2) is 5.60 Å². The van der Waals surface area contributed by atoms with Crippen LogP contribution in [-0.2, 0) is 0 Å². The predicted octanol–water partition coefficient (Wildman–Crippen LogP) is 3.93. The highest BCUT2D eigenvalue weighted by atomic mass is 35.5. The Balaban J connectivity index is 2.64. The van der Waals surface area contributed by atoms with Gasteiger partial charge in [0.25, 0.3) is 0 Å². The van der Waals surface area contributed by atoms with Crippen LogP contribution in [0.3, 0.4) is 0 Å². The van der Waals surface area contributed by atoms with Crippen molar-refractivity contribution in [2.45, 2.75) is 25.9 Å². The zero-order chi connectivity index (χ0) is 10.6. The molecule has 1 rings (SSSR count). The third-order valence-electron chi connectivity index (χ3n) is 1.80. The normalized spacial score (nSPS) is 11.4. The van der Waals surface area contributed by atoms with Crippen LogP contribution in [0.1, 0.15) is 20.3 Å². The Labute approximate surface area is 91.0 Å². The Morgan fingerprint density at radius 2 is 2.00 bits per heavy atom. The first-order valence-corrected chi connectivity index (χ1v) is 5.05. The first-order valence-electron chi connectivity index (χ1n) is 4.68. The minimum Gasteiger partial charge on any atom is -0.487 e. The molecule has 1 unspecified atom stereocenters. The highest BCUT2D eigenvalue weighted by Crippen LogP contribution is 2.22. The van der Waals surface area contributed by atoms with Gasteiger partial charge in [-0.3, -0.25) is 0 Å². The van der Waals surface area contributed by atoms with E-state index >= 15 is 0 Å². The molecule has 0 fully saturated rings. The summed E-state index contributed by atoms with van der Waals surface area (Å²) in [6, 6.07) is 7.29. The molecule has 1 nitrogen and oxygen atoms in total. The number of ether oxygens (including phenoxy) is 1. The lowest BCUT2D eigenvalue weighted by Crippen LogP contribution is -2.28. The molecule has 0 bridgehead atoms. The topological polar surface area (TPSA) is 9.23 Å². The summed E-state index contributed by atoms with van der Waals surface area (Å²) in [5.41, 5.74) is -0.470. The Bertz CT molecular complexity index is 277. The molecule has 0 saturated heterocycles. The summed E-state index contributed by atoms with van der Waals surface area (Å²) in [4.78, 5) is 0. The standard InChI is InChI=1S/C12H15ClO/c1-4-9-12(2,3)14-11-7-5-10(13)6-8-11/h5-9H,2,4H2,1,3H3. The SMILES string of the molecule is [CH2]C(C)([CH]CC)Oc1ccc(Cl)cc1. The highest BCUT2D eigenvalue weighted by molar-refractivity contribution is 6.30. The molecule has 0 heterocycles. The molecule has 2 radical (unpaired) electrons.